The van der Waals surface area contributed by atoms with E-state index in [0.717, 1.165) is 0 Å². The maximum Gasteiger partial charge on any atom is 0.138 e. The van der Waals surface area contributed by atoms with E-state index in [1.54, 1.807) is 12.1 Å². The molecule has 1 aromatic rings. The van der Waals surface area contributed by atoms with Gasteiger partial charge in [0.2, 0.25) is 0 Å². The van der Waals surface area contributed by atoms with Crippen LogP contribution in [0.2, 0.25) is 5.02 Å². The van der Waals surface area contributed by atoms with Crippen LogP contribution < -0.4 is 10.1 Å². The van der Waals surface area contributed by atoms with Crippen molar-refractivity contribution in [3.63, 3.8) is 0 Å². The van der Waals surface area contributed by atoms with Crippen LogP contribution >= 0.6 is 11.6 Å². The Morgan fingerprint density at radius 2 is 1.89 bits per heavy atom. The van der Waals surface area contributed by atoms with Crippen molar-refractivity contribution in [3.05, 3.63) is 29.3 Å². The summed E-state index contributed by atoms with van der Waals surface area (Å²) in [4.78, 5) is 0. The van der Waals surface area contributed by atoms with Crippen LogP contribution in [-0.2, 0) is 0 Å². The normalized spacial score (nSPS) is 14.2. The lowest BCUT2D eigenvalue weighted by atomic mass is 10.2. The van der Waals surface area contributed by atoms with Crippen molar-refractivity contribution in [2.75, 3.05) is 19.7 Å². The Balaban J connectivity index is 2.21. The quantitative estimate of drug-likeness (QED) is 0.671. The molecule has 0 saturated carbocycles. The zero-order valence-corrected chi connectivity index (χ0v) is 11.2. The molecule has 0 radical (unpaired) electrons. The SMILES string of the molecule is CCC(O)CNCC(O)COc1ccccc1Cl. The Bertz CT molecular complexity index is 349. The molecule has 0 amide bonds. The minimum absolute atomic E-state index is 0.166. The fraction of sp³-hybridized carbons (Fsp3) is 0.538. The van der Waals surface area contributed by atoms with Crippen LogP contribution in [0.1, 0.15) is 13.3 Å². The fourth-order valence-electron chi connectivity index (χ4n) is 1.37. The van der Waals surface area contributed by atoms with Crippen molar-refractivity contribution in [2.24, 2.45) is 0 Å². The Labute approximate surface area is 113 Å². The largest absolute Gasteiger partial charge is 0.489 e. The van der Waals surface area contributed by atoms with Crippen LogP contribution in [0, 0.1) is 0 Å². The van der Waals surface area contributed by atoms with E-state index in [1.165, 1.54) is 0 Å². The maximum absolute atomic E-state index is 9.67. The van der Waals surface area contributed by atoms with Gasteiger partial charge in [0.25, 0.3) is 0 Å². The van der Waals surface area contributed by atoms with Crippen molar-refractivity contribution >= 4 is 11.6 Å². The van der Waals surface area contributed by atoms with E-state index < -0.39 is 6.10 Å². The molecule has 0 aromatic heterocycles. The van der Waals surface area contributed by atoms with Gasteiger partial charge in [-0.2, -0.15) is 0 Å². The molecule has 4 nitrogen and oxygen atoms in total. The molecule has 5 heteroatoms. The first kappa shape index (κ1) is 15.2. The Morgan fingerprint density at radius 3 is 2.56 bits per heavy atom. The summed E-state index contributed by atoms with van der Waals surface area (Å²) in [5.41, 5.74) is 0. The van der Waals surface area contributed by atoms with Crippen LogP contribution in [-0.4, -0.2) is 42.1 Å². The number of benzene rings is 1. The summed E-state index contributed by atoms with van der Waals surface area (Å²) in [6.45, 7) is 2.92. The van der Waals surface area contributed by atoms with Gasteiger partial charge in [0, 0.05) is 13.1 Å². The lowest BCUT2D eigenvalue weighted by Gasteiger charge is -2.15. The van der Waals surface area contributed by atoms with Gasteiger partial charge in [-0.05, 0) is 18.6 Å². The van der Waals surface area contributed by atoms with Gasteiger partial charge in [-0.3, -0.25) is 0 Å². The van der Waals surface area contributed by atoms with Crippen molar-refractivity contribution in [1.82, 2.24) is 5.32 Å². The zero-order valence-electron chi connectivity index (χ0n) is 10.5. The average Bonchev–Trinajstić information content (AvgIpc) is 2.37. The lowest BCUT2D eigenvalue weighted by molar-refractivity contribution is 0.0992. The summed E-state index contributed by atoms with van der Waals surface area (Å²) in [5, 5.41) is 22.5. The van der Waals surface area contributed by atoms with Gasteiger partial charge in [0.15, 0.2) is 0 Å². The van der Waals surface area contributed by atoms with Gasteiger partial charge in [0.05, 0.1) is 11.1 Å². The summed E-state index contributed by atoms with van der Waals surface area (Å²) in [5.74, 6) is 0.562. The standard InChI is InChI=1S/C13H20ClNO3/c1-2-10(16)7-15-8-11(17)9-18-13-6-4-3-5-12(13)14/h3-6,10-11,15-17H,2,7-9H2,1H3. The number of ether oxygens (including phenoxy) is 1. The summed E-state index contributed by atoms with van der Waals surface area (Å²) < 4.78 is 5.40. The molecular formula is C13H20ClNO3. The summed E-state index contributed by atoms with van der Waals surface area (Å²) in [6.07, 6.45) is -0.314. The number of nitrogens with one attached hydrogen (secondary N) is 1. The molecule has 0 spiro atoms. The fourth-order valence-corrected chi connectivity index (χ4v) is 1.56. The Morgan fingerprint density at radius 1 is 1.22 bits per heavy atom. The lowest BCUT2D eigenvalue weighted by Crippen LogP contribution is -2.35. The molecule has 0 aliphatic heterocycles. The summed E-state index contributed by atoms with van der Waals surface area (Å²) in [7, 11) is 0. The van der Waals surface area contributed by atoms with E-state index >= 15 is 0 Å². The minimum atomic E-state index is -0.634. The van der Waals surface area contributed by atoms with Crippen LogP contribution in [0.25, 0.3) is 0 Å². The second kappa shape index (κ2) is 8.32. The predicted molar refractivity (Wildman–Crippen MR) is 72.1 cm³/mol. The molecule has 18 heavy (non-hydrogen) atoms. The highest BCUT2D eigenvalue weighted by Gasteiger charge is 2.07. The third-order valence-corrected chi connectivity index (χ3v) is 2.81. The number of hydrogen-bond acceptors (Lipinski definition) is 4. The first-order valence-corrected chi connectivity index (χ1v) is 6.45. The number of hydrogen-bond donors (Lipinski definition) is 3. The topological polar surface area (TPSA) is 61.7 Å². The smallest absolute Gasteiger partial charge is 0.138 e. The van der Waals surface area contributed by atoms with Gasteiger partial charge in [-0.15, -0.1) is 0 Å². The molecule has 1 rings (SSSR count). The van der Waals surface area contributed by atoms with E-state index in [0.29, 0.717) is 30.3 Å². The van der Waals surface area contributed by atoms with Gasteiger partial charge < -0.3 is 20.3 Å². The number of aliphatic hydroxyl groups is 2. The van der Waals surface area contributed by atoms with E-state index in [-0.39, 0.29) is 12.7 Å². The van der Waals surface area contributed by atoms with Crippen LogP contribution in [0.15, 0.2) is 24.3 Å². The highest BCUT2D eigenvalue weighted by atomic mass is 35.5. The molecule has 0 fully saturated rings. The third kappa shape index (κ3) is 5.69. The molecule has 0 bridgehead atoms. The second-order valence-corrected chi connectivity index (χ2v) is 4.52. The summed E-state index contributed by atoms with van der Waals surface area (Å²) in [6, 6.07) is 7.13. The van der Waals surface area contributed by atoms with Gasteiger partial charge in [0.1, 0.15) is 18.5 Å². The van der Waals surface area contributed by atoms with Crippen LogP contribution in [0.3, 0.4) is 0 Å². The number of para-hydroxylation sites is 1. The van der Waals surface area contributed by atoms with Crippen LogP contribution in [0.4, 0.5) is 0 Å². The first-order valence-electron chi connectivity index (χ1n) is 6.07. The van der Waals surface area contributed by atoms with E-state index in [4.69, 9.17) is 16.3 Å². The number of halogens is 1. The highest BCUT2D eigenvalue weighted by Crippen LogP contribution is 2.22. The van der Waals surface area contributed by atoms with Crippen molar-refractivity contribution in [2.45, 2.75) is 25.6 Å². The van der Waals surface area contributed by atoms with E-state index in [9.17, 15) is 10.2 Å². The van der Waals surface area contributed by atoms with Gasteiger partial charge in [-0.25, -0.2) is 0 Å². The molecule has 0 saturated heterocycles. The number of aliphatic hydroxyl groups excluding tert-OH is 2. The predicted octanol–water partition coefficient (Wildman–Crippen LogP) is 1.44. The molecular weight excluding hydrogens is 254 g/mol. The molecule has 0 heterocycles. The molecule has 3 N–H and O–H groups in total. The number of rotatable bonds is 8. The van der Waals surface area contributed by atoms with Crippen molar-refractivity contribution < 1.29 is 14.9 Å². The van der Waals surface area contributed by atoms with Gasteiger partial charge in [-0.1, -0.05) is 30.7 Å². The molecule has 0 aliphatic rings. The molecule has 2 atom stereocenters. The second-order valence-electron chi connectivity index (χ2n) is 4.12. The molecule has 2 unspecified atom stereocenters. The molecule has 0 aliphatic carbocycles. The minimum Gasteiger partial charge on any atom is -0.489 e. The Hall–Kier alpha value is -0.810. The molecule has 1 aromatic carbocycles. The first-order chi connectivity index (χ1) is 8.63. The highest BCUT2D eigenvalue weighted by molar-refractivity contribution is 6.32. The van der Waals surface area contributed by atoms with Crippen LogP contribution in [0.5, 0.6) is 5.75 Å². The average molecular weight is 274 g/mol. The molecule has 102 valence electrons. The van der Waals surface area contributed by atoms with Crippen molar-refractivity contribution in [3.8, 4) is 5.75 Å². The zero-order chi connectivity index (χ0) is 13.4. The monoisotopic (exact) mass is 273 g/mol. The van der Waals surface area contributed by atoms with E-state index in [2.05, 4.69) is 5.32 Å². The van der Waals surface area contributed by atoms with E-state index in [1.807, 2.05) is 19.1 Å². The maximum atomic E-state index is 9.67. The summed E-state index contributed by atoms with van der Waals surface area (Å²) >= 11 is 5.92. The van der Waals surface area contributed by atoms with Crippen molar-refractivity contribution in [1.29, 1.82) is 0 Å². The third-order valence-electron chi connectivity index (χ3n) is 2.50. The Kier molecular flexibility index (Phi) is 7.05. The van der Waals surface area contributed by atoms with Gasteiger partial charge >= 0.3 is 0 Å².